The Bertz CT molecular complexity index is 455. The van der Waals surface area contributed by atoms with Gasteiger partial charge in [-0.15, -0.1) is 0 Å². The maximum atomic E-state index is 6.62. The van der Waals surface area contributed by atoms with Gasteiger partial charge in [0.15, 0.2) is 14.6 Å². The first-order valence-electron chi connectivity index (χ1n) is 9.50. The fraction of sp³-hybridized carbons (Fsp3) is 0.810. The maximum absolute atomic E-state index is 6.62. The van der Waals surface area contributed by atoms with Gasteiger partial charge < -0.3 is 9.16 Å². The summed E-state index contributed by atoms with van der Waals surface area (Å²) in [5, 5.41) is 0.186. The number of hydrogen-bond donors (Lipinski definition) is 0. The van der Waals surface area contributed by atoms with Crippen molar-refractivity contribution in [1.82, 2.24) is 0 Å². The standard InChI is InChI=1S/C21H41IO2Si/c1-11-21(8,22)19(24-25(9,10)20(5,6)7)23-16-15-18(4)14-12-13-17(2)3/h13,15,19H,11-12,14,16H2,1-10H3/b18-15+/t19-,21+/m1/s1. The molecule has 2 nitrogen and oxygen atoms in total. The van der Waals surface area contributed by atoms with E-state index in [1.54, 1.807) is 0 Å². The molecule has 0 bridgehead atoms. The van der Waals surface area contributed by atoms with Crippen LogP contribution >= 0.6 is 22.6 Å². The highest BCUT2D eigenvalue weighted by Gasteiger charge is 2.43. The van der Waals surface area contributed by atoms with E-state index < -0.39 is 8.32 Å². The van der Waals surface area contributed by atoms with Crippen LogP contribution in [-0.2, 0) is 9.16 Å². The van der Waals surface area contributed by atoms with Gasteiger partial charge in [-0.25, -0.2) is 0 Å². The van der Waals surface area contributed by atoms with E-state index in [9.17, 15) is 0 Å². The highest BCUT2D eigenvalue weighted by atomic mass is 127. The van der Waals surface area contributed by atoms with Gasteiger partial charge in [0, 0.05) is 0 Å². The third kappa shape index (κ3) is 9.73. The predicted octanol–water partition coefficient (Wildman–Crippen LogP) is 7.65. The lowest BCUT2D eigenvalue weighted by molar-refractivity contribution is -0.0953. The van der Waals surface area contributed by atoms with Crippen LogP contribution in [0.2, 0.25) is 18.1 Å². The van der Waals surface area contributed by atoms with Gasteiger partial charge in [-0.3, -0.25) is 0 Å². The molecule has 0 rings (SSSR count). The Morgan fingerprint density at radius 2 is 1.64 bits per heavy atom. The highest BCUT2D eigenvalue weighted by molar-refractivity contribution is 14.1. The van der Waals surface area contributed by atoms with Gasteiger partial charge >= 0.3 is 0 Å². The van der Waals surface area contributed by atoms with Crippen molar-refractivity contribution in [2.45, 2.75) is 102 Å². The molecule has 0 aliphatic carbocycles. The van der Waals surface area contributed by atoms with E-state index in [1.165, 1.54) is 11.1 Å². The molecule has 0 aliphatic heterocycles. The average molecular weight is 481 g/mol. The van der Waals surface area contributed by atoms with Crippen LogP contribution < -0.4 is 0 Å². The summed E-state index contributed by atoms with van der Waals surface area (Å²) >= 11 is 2.50. The van der Waals surface area contributed by atoms with Gasteiger partial charge in [0.25, 0.3) is 0 Å². The van der Waals surface area contributed by atoms with E-state index in [0.717, 1.165) is 19.3 Å². The molecular weight excluding hydrogens is 439 g/mol. The lowest BCUT2D eigenvalue weighted by Crippen LogP contribution is -2.50. The van der Waals surface area contributed by atoms with E-state index in [0.29, 0.717) is 6.61 Å². The summed E-state index contributed by atoms with van der Waals surface area (Å²) in [5.41, 5.74) is 2.77. The molecular formula is C21H41IO2Si. The topological polar surface area (TPSA) is 18.5 Å². The monoisotopic (exact) mass is 480 g/mol. The van der Waals surface area contributed by atoms with Crippen molar-refractivity contribution in [3.8, 4) is 0 Å². The van der Waals surface area contributed by atoms with E-state index in [1.807, 2.05) is 0 Å². The number of halogens is 1. The summed E-state index contributed by atoms with van der Waals surface area (Å²) in [6.07, 6.45) is 7.56. The van der Waals surface area contributed by atoms with Crippen LogP contribution in [-0.4, -0.2) is 24.6 Å². The number of hydrogen-bond acceptors (Lipinski definition) is 2. The Labute approximate surface area is 172 Å². The average Bonchev–Trinajstić information content (AvgIpc) is 2.44. The van der Waals surface area contributed by atoms with Crippen molar-refractivity contribution < 1.29 is 9.16 Å². The molecule has 0 aromatic rings. The molecule has 25 heavy (non-hydrogen) atoms. The molecule has 0 saturated heterocycles. The highest BCUT2D eigenvalue weighted by Crippen LogP contribution is 2.40. The van der Waals surface area contributed by atoms with Gasteiger partial charge in [0.1, 0.15) is 0 Å². The zero-order valence-electron chi connectivity index (χ0n) is 18.3. The summed E-state index contributed by atoms with van der Waals surface area (Å²) in [7, 11) is -1.86. The summed E-state index contributed by atoms with van der Waals surface area (Å²) in [6.45, 7) is 23.0. The Balaban J connectivity index is 4.91. The fourth-order valence-electron chi connectivity index (χ4n) is 1.91. The number of allylic oxidation sites excluding steroid dienone is 3. The number of alkyl halides is 1. The van der Waals surface area contributed by atoms with Crippen LogP contribution in [0.15, 0.2) is 23.3 Å². The zero-order chi connectivity index (χ0) is 19.9. The molecule has 0 aromatic carbocycles. The molecule has 0 aromatic heterocycles. The fourth-order valence-corrected chi connectivity index (χ4v) is 3.67. The first-order chi connectivity index (χ1) is 11.2. The van der Waals surface area contributed by atoms with Crippen LogP contribution in [0.1, 0.15) is 74.7 Å². The number of ether oxygens (including phenoxy) is 1. The van der Waals surface area contributed by atoms with Crippen molar-refractivity contribution in [1.29, 1.82) is 0 Å². The first-order valence-corrected chi connectivity index (χ1v) is 13.5. The molecule has 0 heterocycles. The summed E-state index contributed by atoms with van der Waals surface area (Å²) < 4.78 is 12.8. The van der Waals surface area contributed by atoms with Crippen LogP contribution in [0.25, 0.3) is 0 Å². The molecule has 148 valence electrons. The Hall–Kier alpha value is 0.347. The third-order valence-corrected chi connectivity index (χ3v) is 10.8. The van der Waals surface area contributed by atoms with Crippen LogP contribution in [0.4, 0.5) is 0 Å². The molecule has 0 fully saturated rings. The van der Waals surface area contributed by atoms with E-state index >= 15 is 0 Å². The van der Waals surface area contributed by atoms with Crippen molar-refractivity contribution in [2.24, 2.45) is 0 Å². The molecule has 2 atom stereocenters. The maximum Gasteiger partial charge on any atom is 0.195 e. The summed E-state index contributed by atoms with van der Waals surface area (Å²) in [6, 6.07) is 0. The van der Waals surface area contributed by atoms with Gasteiger partial charge in [0.05, 0.1) is 10.0 Å². The van der Waals surface area contributed by atoms with Gasteiger partial charge in [-0.2, -0.15) is 0 Å². The molecule has 0 aliphatic rings. The minimum Gasteiger partial charge on any atom is -0.391 e. The smallest absolute Gasteiger partial charge is 0.195 e. The minimum atomic E-state index is -1.86. The van der Waals surface area contributed by atoms with E-state index in [4.69, 9.17) is 9.16 Å². The van der Waals surface area contributed by atoms with Crippen molar-refractivity contribution >= 4 is 30.9 Å². The molecule has 0 saturated carbocycles. The lowest BCUT2D eigenvalue weighted by atomic mass is 10.1. The third-order valence-electron chi connectivity index (χ3n) is 5.16. The van der Waals surface area contributed by atoms with Crippen LogP contribution in [0, 0.1) is 0 Å². The zero-order valence-corrected chi connectivity index (χ0v) is 21.4. The quantitative estimate of drug-likeness (QED) is 0.105. The normalized spacial score (nSPS) is 17.2. The second kappa shape index (κ2) is 10.6. The molecule has 0 radical (unpaired) electrons. The Morgan fingerprint density at radius 1 is 1.08 bits per heavy atom. The minimum absolute atomic E-state index is 0.0168. The van der Waals surface area contributed by atoms with Crippen LogP contribution in [0.3, 0.4) is 0 Å². The Kier molecular flexibility index (Phi) is 10.8. The largest absolute Gasteiger partial charge is 0.391 e. The van der Waals surface area contributed by atoms with Crippen molar-refractivity contribution in [3.63, 3.8) is 0 Å². The second-order valence-corrected chi connectivity index (χ2v) is 16.3. The van der Waals surface area contributed by atoms with Crippen molar-refractivity contribution in [3.05, 3.63) is 23.3 Å². The van der Waals surface area contributed by atoms with Gasteiger partial charge in [0.2, 0.25) is 0 Å². The van der Waals surface area contributed by atoms with Crippen LogP contribution in [0.5, 0.6) is 0 Å². The van der Waals surface area contributed by atoms with E-state index in [-0.39, 0.29) is 14.8 Å². The number of rotatable bonds is 10. The second-order valence-electron chi connectivity index (χ2n) is 9.05. The first kappa shape index (κ1) is 25.3. The molecule has 0 amide bonds. The van der Waals surface area contributed by atoms with Gasteiger partial charge in [-0.1, -0.05) is 73.6 Å². The molecule has 0 spiro atoms. The Morgan fingerprint density at radius 3 is 2.08 bits per heavy atom. The summed E-state index contributed by atoms with van der Waals surface area (Å²) in [4.78, 5) is 0. The molecule has 4 heteroatoms. The SMILES string of the molecule is CC[C@](C)(I)[C@H](OC/C=C(\C)CCC=C(C)C)O[Si](C)(C)C(C)(C)C. The summed E-state index contributed by atoms with van der Waals surface area (Å²) in [5.74, 6) is 0. The molecule has 0 unspecified atom stereocenters. The predicted molar refractivity (Wildman–Crippen MR) is 123 cm³/mol. The van der Waals surface area contributed by atoms with Gasteiger partial charge in [-0.05, 0) is 65.1 Å². The van der Waals surface area contributed by atoms with Crippen molar-refractivity contribution in [2.75, 3.05) is 6.61 Å². The lowest BCUT2D eigenvalue weighted by Gasteiger charge is -2.42. The van der Waals surface area contributed by atoms with E-state index in [2.05, 4.69) is 103 Å². The molecule has 0 N–H and O–H groups in total.